The summed E-state index contributed by atoms with van der Waals surface area (Å²) in [7, 11) is 0. The maximum Gasteiger partial charge on any atom is 0.314 e. The third kappa shape index (κ3) is 5.26. The molecular formula is C19H21NO4S. The Balaban J connectivity index is 1.94. The average molecular weight is 359 g/mol. The number of nitrogens with one attached hydrogen (secondary N) is 1. The molecule has 2 aromatic rings. The zero-order valence-electron chi connectivity index (χ0n) is 14.2. The first-order valence-electron chi connectivity index (χ1n) is 8.12. The summed E-state index contributed by atoms with van der Waals surface area (Å²) in [5.74, 6) is -1.95. The Morgan fingerprint density at radius 2 is 1.84 bits per heavy atom. The van der Waals surface area contributed by atoms with Gasteiger partial charge in [-0.05, 0) is 22.9 Å². The van der Waals surface area contributed by atoms with E-state index in [9.17, 15) is 14.4 Å². The topological polar surface area (TPSA) is 72.5 Å². The van der Waals surface area contributed by atoms with Gasteiger partial charge >= 0.3 is 5.97 Å². The minimum Gasteiger partial charge on any atom is -0.455 e. The Morgan fingerprint density at radius 3 is 2.44 bits per heavy atom. The summed E-state index contributed by atoms with van der Waals surface area (Å²) in [6.07, 6.45) is 0.803. The largest absolute Gasteiger partial charge is 0.455 e. The summed E-state index contributed by atoms with van der Waals surface area (Å²) in [6, 6.07) is 12.7. The lowest BCUT2D eigenvalue weighted by Crippen LogP contribution is -2.34. The van der Waals surface area contributed by atoms with Crippen LogP contribution < -0.4 is 5.32 Å². The molecule has 0 spiro atoms. The molecule has 0 saturated carbocycles. The molecule has 2 atom stereocenters. The molecule has 0 bridgehead atoms. The Bertz CT molecular complexity index is 712. The molecule has 1 aromatic heterocycles. The lowest BCUT2D eigenvalue weighted by molar-refractivity contribution is -0.151. The van der Waals surface area contributed by atoms with Gasteiger partial charge in [0.15, 0.2) is 6.61 Å². The molecule has 0 radical (unpaired) electrons. The van der Waals surface area contributed by atoms with Crippen LogP contribution in [-0.2, 0) is 14.3 Å². The maximum atomic E-state index is 12.5. The first-order valence-corrected chi connectivity index (χ1v) is 9.00. The molecule has 0 aliphatic carbocycles. The van der Waals surface area contributed by atoms with Gasteiger partial charge in [0.2, 0.25) is 0 Å². The van der Waals surface area contributed by atoms with Crippen LogP contribution in [0.5, 0.6) is 0 Å². The van der Waals surface area contributed by atoms with Crippen LogP contribution in [0.2, 0.25) is 0 Å². The average Bonchev–Trinajstić information content (AvgIpc) is 3.15. The van der Waals surface area contributed by atoms with Gasteiger partial charge in [-0.2, -0.15) is 0 Å². The third-order valence-electron chi connectivity index (χ3n) is 3.97. The number of hydrogen-bond acceptors (Lipinski definition) is 5. The van der Waals surface area contributed by atoms with E-state index in [0.717, 1.165) is 12.0 Å². The molecule has 6 heteroatoms. The minimum absolute atomic E-state index is 0.0747. The van der Waals surface area contributed by atoms with Crippen LogP contribution in [0.25, 0.3) is 0 Å². The fraction of sp³-hybridized carbons (Fsp3) is 0.316. The third-order valence-corrected chi connectivity index (χ3v) is 4.84. The van der Waals surface area contributed by atoms with Crippen LogP contribution in [0.1, 0.15) is 41.4 Å². The lowest BCUT2D eigenvalue weighted by Gasteiger charge is -2.21. The molecule has 132 valence electrons. The van der Waals surface area contributed by atoms with Crippen LogP contribution in [0.3, 0.4) is 0 Å². The Kier molecular flexibility index (Phi) is 6.89. The van der Waals surface area contributed by atoms with Gasteiger partial charge in [-0.25, -0.2) is 0 Å². The number of hydrogen-bond donors (Lipinski definition) is 1. The lowest BCUT2D eigenvalue weighted by atomic mass is 9.86. The monoisotopic (exact) mass is 359 g/mol. The van der Waals surface area contributed by atoms with E-state index in [4.69, 9.17) is 4.74 Å². The van der Waals surface area contributed by atoms with Gasteiger partial charge in [0.25, 0.3) is 11.8 Å². The fourth-order valence-corrected chi connectivity index (χ4v) is 3.07. The van der Waals surface area contributed by atoms with Gasteiger partial charge in [-0.15, -0.1) is 11.3 Å². The molecule has 25 heavy (non-hydrogen) atoms. The van der Waals surface area contributed by atoms with Crippen LogP contribution >= 0.6 is 11.3 Å². The second-order valence-corrected chi connectivity index (χ2v) is 6.68. The van der Waals surface area contributed by atoms with E-state index >= 15 is 0 Å². The molecule has 1 N–H and O–H groups in total. The highest BCUT2D eigenvalue weighted by Gasteiger charge is 2.28. The highest BCUT2D eigenvalue weighted by Crippen LogP contribution is 2.28. The molecule has 2 amide bonds. The van der Waals surface area contributed by atoms with Gasteiger partial charge in [0.1, 0.15) is 0 Å². The second-order valence-electron chi connectivity index (χ2n) is 5.74. The van der Waals surface area contributed by atoms with Gasteiger partial charge in [-0.1, -0.05) is 56.7 Å². The number of benzene rings is 1. The molecule has 0 unspecified atom stereocenters. The second kappa shape index (κ2) is 9.13. The minimum atomic E-state index is -0.636. The van der Waals surface area contributed by atoms with Gasteiger partial charge in [-0.3, -0.25) is 19.7 Å². The standard InChI is InChI=1S/C19H21NO4S/c1-3-13(2)17(14-8-5-4-6-9-14)19(23)24-12-16(21)20-18(22)15-10-7-11-25-15/h4-11,13,17H,3,12H2,1-2H3,(H,20,21,22)/t13-,17-/m0/s1. The SMILES string of the molecule is CC[C@H](C)[C@H](C(=O)OCC(=O)NC(=O)c1cccs1)c1ccccc1. The van der Waals surface area contributed by atoms with Gasteiger partial charge in [0.05, 0.1) is 10.8 Å². The number of ether oxygens (including phenoxy) is 1. The molecule has 0 aliphatic rings. The molecule has 2 rings (SSSR count). The number of thiophene rings is 1. The van der Waals surface area contributed by atoms with Crippen LogP contribution in [-0.4, -0.2) is 24.4 Å². The summed E-state index contributed by atoms with van der Waals surface area (Å²) in [6.45, 7) is 3.50. The molecule has 1 aromatic carbocycles. The number of rotatable bonds is 7. The van der Waals surface area contributed by atoms with E-state index in [1.165, 1.54) is 11.3 Å². The van der Waals surface area contributed by atoms with Crippen molar-refractivity contribution in [2.45, 2.75) is 26.2 Å². The number of amides is 2. The number of esters is 1. The summed E-state index contributed by atoms with van der Waals surface area (Å²) in [5, 5.41) is 3.96. The van der Waals surface area contributed by atoms with Crippen molar-refractivity contribution in [2.75, 3.05) is 6.61 Å². The summed E-state index contributed by atoms with van der Waals surface area (Å²) < 4.78 is 5.16. The van der Waals surface area contributed by atoms with Crippen LogP contribution in [0.15, 0.2) is 47.8 Å². The van der Waals surface area contributed by atoms with Crippen molar-refractivity contribution in [2.24, 2.45) is 5.92 Å². The smallest absolute Gasteiger partial charge is 0.314 e. The zero-order chi connectivity index (χ0) is 18.2. The Morgan fingerprint density at radius 1 is 1.12 bits per heavy atom. The van der Waals surface area contributed by atoms with Crippen molar-refractivity contribution in [1.82, 2.24) is 5.32 Å². The highest BCUT2D eigenvalue weighted by molar-refractivity contribution is 7.12. The predicted molar refractivity (Wildman–Crippen MR) is 96.4 cm³/mol. The van der Waals surface area contributed by atoms with Gasteiger partial charge in [0, 0.05) is 0 Å². The summed E-state index contributed by atoms with van der Waals surface area (Å²) in [5.41, 5.74) is 0.858. The van der Waals surface area contributed by atoms with E-state index in [-0.39, 0.29) is 5.92 Å². The summed E-state index contributed by atoms with van der Waals surface area (Å²) in [4.78, 5) is 36.6. The molecule has 0 fully saturated rings. The van der Waals surface area contributed by atoms with Crippen LogP contribution in [0, 0.1) is 5.92 Å². The quantitative estimate of drug-likeness (QED) is 0.769. The molecular weight excluding hydrogens is 338 g/mol. The van der Waals surface area contributed by atoms with E-state index in [2.05, 4.69) is 5.32 Å². The fourth-order valence-electron chi connectivity index (χ4n) is 2.45. The normalized spacial score (nSPS) is 12.9. The number of imide groups is 1. The van der Waals surface area contributed by atoms with Crippen molar-refractivity contribution in [1.29, 1.82) is 0 Å². The molecule has 1 heterocycles. The van der Waals surface area contributed by atoms with Crippen molar-refractivity contribution < 1.29 is 19.1 Å². The Labute approximate surface area is 151 Å². The van der Waals surface area contributed by atoms with Gasteiger partial charge < -0.3 is 4.74 Å². The van der Waals surface area contributed by atoms with Crippen LogP contribution in [0.4, 0.5) is 0 Å². The number of carbonyl (C=O) groups is 3. The molecule has 0 aliphatic heterocycles. The van der Waals surface area contributed by atoms with Crippen molar-refractivity contribution >= 4 is 29.1 Å². The zero-order valence-corrected chi connectivity index (χ0v) is 15.0. The first kappa shape index (κ1) is 18.9. The van der Waals surface area contributed by atoms with E-state index < -0.39 is 30.3 Å². The summed E-state index contributed by atoms with van der Waals surface area (Å²) >= 11 is 1.23. The van der Waals surface area contributed by atoms with Crippen molar-refractivity contribution in [3.05, 3.63) is 58.3 Å². The maximum absolute atomic E-state index is 12.5. The number of carbonyl (C=O) groups excluding carboxylic acids is 3. The van der Waals surface area contributed by atoms with Crippen molar-refractivity contribution in [3.8, 4) is 0 Å². The van der Waals surface area contributed by atoms with E-state index in [1.54, 1.807) is 17.5 Å². The van der Waals surface area contributed by atoms with E-state index in [1.807, 2.05) is 44.2 Å². The van der Waals surface area contributed by atoms with Crippen molar-refractivity contribution in [3.63, 3.8) is 0 Å². The predicted octanol–water partition coefficient (Wildman–Crippen LogP) is 3.38. The van der Waals surface area contributed by atoms with E-state index in [0.29, 0.717) is 4.88 Å². The first-order chi connectivity index (χ1) is 12.0. The Hall–Kier alpha value is -2.47. The highest BCUT2D eigenvalue weighted by atomic mass is 32.1. The molecule has 0 saturated heterocycles. The molecule has 5 nitrogen and oxygen atoms in total.